The molecule has 1 aliphatic rings. The van der Waals surface area contributed by atoms with Crippen LogP contribution in [-0.4, -0.2) is 18.3 Å². The summed E-state index contributed by atoms with van der Waals surface area (Å²) in [5.41, 5.74) is 1.26. The van der Waals surface area contributed by atoms with Crippen molar-refractivity contribution in [3.05, 3.63) is 34.9 Å². The molecule has 0 amide bonds. The van der Waals surface area contributed by atoms with Gasteiger partial charge in [-0.2, -0.15) is 11.8 Å². The molecule has 2 rings (SSSR count). The second-order valence-corrected chi connectivity index (χ2v) is 6.45. The van der Waals surface area contributed by atoms with Crippen LogP contribution in [0.1, 0.15) is 37.7 Å². The van der Waals surface area contributed by atoms with Crippen molar-refractivity contribution in [2.75, 3.05) is 12.3 Å². The normalized spacial score (nSPS) is 16.3. The summed E-state index contributed by atoms with van der Waals surface area (Å²) in [6.07, 6.45) is 6.85. The van der Waals surface area contributed by atoms with Gasteiger partial charge >= 0.3 is 0 Å². The topological polar surface area (TPSA) is 12.0 Å². The predicted molar refractivity (Wildman–Crippen MR) is 82.5 cm³/mol. The summed E-state index contributed by atoms with van der Waals surface area (Å²) in [7, 11) is 0. The Hall–Kier alpha value is -0.180. The molecule has 1 nitrogen and oxygen atoms in total. The van der Waals surface area contributed by atoms with Gasteiger partial charge in [0.1, 0.15) is 0 Å². The molecule has 0 bridgehead atoms. The van der Waals surface area contributed by atoms with Gasteiger partial charge in [0, 0.05) is 16.8 Å². The molecule has 1 saturated carbocycles. The minimum absolute atomic E-state index is 0.804. The summed E-state index contributed by atoms with van der Waals surface area (Å²) in [4.78, 5) is 0. The lowest BCUT2D eigenvalue weighted by Crippen LogP contribution is -2.27. The second kappa shape index (κ2) is 8.08. The van der Waals surface area contributed by atoms with Crippen LogP contribution in [0.4, 0.5) is 0 Å². The molecule has 0 spiro atoms. The van der Waals surface area contributed by atoms with Crippen molar-refractivity contribution in [3.8, 4) is 0 Å². The Labute approximate surface area is 120 Å². The molecular weight excluding hydrogens is 262 g/mol. The average Bonchev–Trinajstić information content (AvgIpc) is 2.89. The van der Waals surface area contributed by atoms with Gasteiger partial charge in [-0.05, 0) is 43.2 Å². The molecule has 0 aromatic heterocycles. The van der Waals surface area contributed by atoms with Gasteiger partial charge in [0.15, 0.2) is 0 Å². The fraction of sp³-hybridized carbons (Fsp3) is 0.600. The molecule has 0 radical (unpaired) electrons. The van der Waals surface area contributed by atoms with Gasteiger partial charge in [-0.15, -0.1) is 0 Å². The highest BCUT2D eigenvalue weighted by Gasteiger charge is 2.12. The van der Waals surface area contributed by atoms with E-state index in [1.165, 1.54) is 50.0 Å². The van der Waals surface area contributed by atoms with E-state index in [1.54, 1.807) is 0 Å². The van der Waals surface area contributed by atoms with Crippen LogP contribution >= 0.6 is 23.4 Å². The van der Waals surface area contributed by atoms with Crippen molar-refractivity contribution in [1.82, 2.24) is 5.32 Å². The molecule has 0 saturated heterocycles. The van der Waals surface area contributed by atoms with Crippen molar-refractivity contribution in [1.29, 1.82) is 0 Å². The molecule has 3 heteroatoms. The van der Waals surface area contributed by atoms with Crippen LogP contribution in [0.3, 0.4) is 0 Å². The molecule has 0 aliphatic heterocycles. The van der Waals surface area contributed by atoms with E-state index in [2.05, 4.69) is 17.4 Å². The van der Waals surface area contributed by atoms with E-state index in [1.807, 2.05) is 23.9 Å². The zero-order valence-electron chi connectivity index (χ0n) is 10.8. The van der Waals surface area contributed by atoms with E-state index in [0.717, 1.165) is 16.8 Å². The standard InChI is InChI=1S/C15H22ClNS/c16-15-9-4-1-6-13(15)12-18-11-5-10-17-14-7-2-3-8-14/h1,4,6,9,14,17H,2-3,5,7-8,10-12H2. The molecule has 18 heavy (non-hydrogen) atoms. The van der Waals surface area contributed by atoms with E-state index in [0.29, 0.717) is 0 Å². The lowest BCUT2D eigenvalue weighted by Gasteiger charge is -2.11. The first-order valence-corrected chi connectivity index (χ1v) is 8.44. The third-order valence-corrected chi connectivity index (χ3v) is 4.93. The Balaban J connectivity index is 1.52. The van der Waals surface area contributed by atoms with E-state index in [-0.39, 0.29) is 0 Å². The molecule has 1 N–H and O–H groups in total. The monoisotopic (exact) mass is 283 g/mol. The van der Waals surface area contributed by atoms with E-state index in [9.17, 15) is 0 Å². The first kappa shape index (κ1) is 14.2. The third-order valence-electron chi connectivity index (χ3n) is 3.47. The predicted octanol–water partition coefficient (Wildman–Crippen LogP) is 4.50. The summed E-state index contributed by atoms with van der Waals surface area (Å²) >= 11 is 8.10. The summed E-state index contributed by atoms with van der Waals surface area (Å²) in [6.45, 7) is 1.17. The van der Waals surface area contributed by atoms with Crippen molar-refractivity contribution in [3.63, 3.8) is 0 Å². The lowest BCUT2D eigenvalue weighted by atomic mass is 10.2. The molecule has 100 valence electrons. The molecular formula is C15H22ClNS. The fourth-order valence-corrected chi connectivity index (χ4v) is 3.65. The van der Waals surface area contributed by atoms with Crippen LogP contribution in [0.2, 0.25) is 5.02 Å². The maximum atomic E-state index is 6.12. The van der Waals surface area contributed by atoms with Crippen LogP contribution in [-0.2, 0) is 5.75 Å². The van der Waals surface area contributed by atoms with Gasteiger partial charge in [0.2, 0.25) is 0 Å². The number of halogens is 1. The molecule has 0 atom stereocenters. The number of hydrogen-bond acceptors (Lipinski definition) is 2. The van der Waals surface area contributed by atoms with Gasteiger partial charge < -0.3 is 5.32 Å². The fourth-order valence-electron chi connectivity index (χ4n) is 2.41. The van der Waals surface area contributed by atoms with Crippen molar-refractivity contribution in [2.24, 2.45) is 0 Å². The van der Waals surface area contributed by atoms with Crippen LogP contribution in [0.5, 0.6) is 0 Å². The highest BCUT2D eigenvalue weighted by molar-refractivity contribution is 7.98. The summed E-state index contributed by atoms with van der Waals surface area (Å²) in [5.74, 6) is 2.24. The van der Waals surface area contributed by atoms with Crippen LogP contribution in [0.15, 0.2) is 24.3 Å². The number of thioether (sulfide) groups is 1. The Morgan fingerprint density at radius 2 is 2.00 bits per heavy atom. The zero-order valence-corrected chi connectivity index (χ0v) is 12.4. The van der Waals surface area contributed by atoms with Gasteiger partial charge in [-0.1, -0.05) is 42.6 Å². The number of benzene rings is 1. The molecule has 0 unspecified atom stereocenters. The van der Waals surface area contributed by atoms with Gasteiger partial charge in [-0.25, -0.2) is 0 Å². The van der Waals surface area contributed by atoms with Crippen LogP contribution in [0, 0.1) is 0 Å². The van der Waals surface area contributed by atoms with Crippen LogP contribution < -0.4 is 5.32 Å². The van der Waals surface area contributed by atoms with E-state index < -0.39 is 0 Å². The first-order valence-electron chi connectivity index (χ1n) is 6.91. The number of rotatable bonds is 7. The summed E-state index contributed by atoms with van der Waals surface area (Å²) in [6, 6.07) is 8.94. The Morgan fingerprint density at radius 1 is 1.22 bits per heavy atom. The molecule has 1 fully saturated rings. The highest BCUT2D eigenvalue weighted by Crippen LogP contribution is 2.21. The number of nitrogens with one attached hydrogen (secondary N) is 1. The maximum Gasteiger partial charge on any atom is 0.0446 e. The quantitative estimate of drug-likeness (QED) is 0.740. The Kier molecular flexibility index (Phi) is 6.39. The smallest absolute Gasteiger partial charge is 0.0446 e. The zero-order chi connectivity index (χ0) is 12.6. The minimum Gasteiger partial charge on any atom is -0.314 e. The number of hydrogen-bond donors (Lipinski definition) is 1. The molecule has 1 aromatic rings. The molecule has 1 aromatic carbocycles. The van der Waals surface area contributed by atoms with E-state index in [4.69, 9.17) is 11.6 Å². The molecule has 0 heterocycles. The lowest BCUT2D eigenvalue weighted by molar-refractivity contribution is 0.525. The van der Waals surface area contributed by atoms with E-state index >= 15 is 0 Å². The first-order chi connectivity index (χ1) is 8.86. The summed E-state index contributed by atoms with van der Waals surface area (Å²) < 4.78 is 0. The van der Waals surface area contributed by atoms with Crippen molar-refractivity contribution >= 4 is 23.4 Å². The van der Waals surface area contributed by atoms with Crippen molar-refractivity contribution in [2.45, 2.75) is 43.9 Å². The van der Waals surface area contributed by atoms with Gasteiger partial charge in [-0.3, -0.25) is 0 Å². The van der Waals surface area contributed by atoms with Crippen LogP contribution in [0.25, 0.3) is 0 Å². The Bertz CT molecular complexity index is 350. The average molecular weight is 284 g/mol. The Morgan fingerprint density at radius 3 is 2.78 bits per heavy atom. The third kappa shape index (κ3) is 4.83. The van der Waals surface area contributed by atoms with Gasteiger partial charge in [0.25, 0.3) is 0 Å². The summed E-state index contributed by atoms with van der Waals surface area (Å²) in [5, 5.41) is 4.55. The largest absolute Gasteiger partial charge is 0.314 e. The minimum atomic E-state index is 0.804. The maximum absolute atomic E-state index is 6.12. The SMILES string of the molecule is Clc1ccccc1CSCCCNC1CCCC1. The van der Waals surface area contributed by atoms with Crippen molar-refractivity contribution < 1.29 is 0 Å². The second-order valence-electron chi connectivity index (χ2n) is 4.93. The molecule has 1 aliphatic carbocycles. The highest BCUT2D eigenvalue weighted by atomic mass is 35.5. The van der Waals surface area contributed by atoms with Gasteiger partial charge in [0.05, 0.1) is 0 Å².